The van der Waals surface area contributed by atoms with Crippen LogP contribution < -0.4 is 10.0 Å². The molecule has 0 amide bonds. The van der Waals surface area contributed by atoms with Crippen molar-refractivity contribution < 1.29 is 12.8 Å². The van der Waals surface area contributed by atoms with Crippen LogP contribution in [0.5, 0.6) is 0 Å². The van der Waals surface area contributed by atoms with Crippen LogP contribution in [0.15, 0.2) is 21.6 Å². The van der Waals surface area contributed by atoms with Crippen molar-refractivity contribution in [1.82, 2.24) is 10.0 Å². The maximum Gasteiger partial charge on any atom is 0.275 e. The predicted molar refractivity (Wildman–Crippen MR) is 78.6 cm³/mol. The fraction of sp³-hybridized carbons (Fsp3) is 0.571. The maximum absolute atomic E-state index is 12.1. The van der Waals surface area contributed by atoms with Crippen LogP contribution in [-0.4, -0.2) is 21.0 Å². The second-order valence-electron chi connectivity index (χ2n) is 4.53. The molecule has 1 heterocycles. The van der Waals surface area contributed by atoms with Crippen LogP contribution in [0.2, 0.25) is 0 Å². The van der Waals surface area contributed by atoms with E-state index >= 15 is 0 Å². The molecule has 6 heteroatoms. The largest absolute Gasteiger partial charge is 0.447 e. The van der Waals surface area contributed by atoms with Crippen molar-refractivity contribution in [2.24, 2.45) is 0 Å². The number of sulfonamides is 1. The molecule has 1 unspecified atom stereocenters. The van der Waals surface area contributed by atoms with Gasteiger partial charge in [0.05, 0.1) is 12.6 Å². The van der Waals surface area contributed by atoms with E-state index in [-0.39, 0.29) is 5.09 Å². The molecule has 0 radical (unpaired) electrons. The van der Waals surface area contributed by atoms with E-state index in [1.165, 1.54) is 6.07 Å². The molecule has 1 atom stereocenters. The zero-order valence-corrected chi connectivity index (χ0v) is 12.8. The predicted octanol–water partition coefficient (Wildman–Crippen LogP) is 1.86. The minimum absolute atomic E-state index is 0.0952. The highest BCUT2D eigenvalue weighted by molar-refractivity contribution is 7.89. The summed E-state index contributed by atoms with van der Waals surface area (Å²) < 4.78 is 32.0. The van der Waals surface area contributed by atoms with Crippen molar-refractivity contribution in [2.75, 3.05) is 6.54 Å². The quantitative estimate of drug-likeness (QED) is 0.539. The Labute approximate surface area is 121 Å². The fourth-order valence-electron chi connectivity index (χ4n) is 1.70. The molecule has 0 spiro atoms. The number of hydrogen-bond donors (Lipinski definition) is 2. The third-order valence-electron chi connectivity index (χ3n) is 2.70. The highest BCUT2D eigenvalue weighted by Gasteiger charge is 2.21. The lowest BCUT2D eigenvalue weighted by Crippen LogP contribution is -2.33. The Balaban J connectivity index is 2.70. The lowest BCUT2D eigenvalue weighted by molar-refractivity contribution is 0.398. The Morgan fingerprint density at radius 2 is 2.10 bits per heavy atom. The van der Waals surface area contributed by atoms with Gasteiger partial charge in [-0.2, -0.15) is 4.72 Å². The van der Waals surface area contributed by atoms with Crippen LogP contribution in [0.1, 0.15) is 38.9 Å². The summed E-state index contributed by atoms with van der Waals surface area (Å²) in [6, 6.07) is 2.60. The zero-order valence-electron chi connectivity index (χ0n) is 12.0. The van der Waals surface area contributed by atoms with Crippen molar-refractivity contribution in [1.29, 1.82) is 0 Å². The van der Waals surface area contributed by atoms with Gasteiger partial charge in [0.1, 0.15) is 5.76 Å². The summed E-state index contributed by atoms with van der Waals surface area (Å²) in [6.07, 6.45) is 7.73. The van der Waals surface area contributed by atoms with Gasteiger partial charge in [-0.3, -0.25) is 0 Å². The molecule has 1 aromatic heterocycles. The van der Waals surface area contributed by atoms with Gasteiger partial charge in [0.15, 0.2) is 0 Å². The van der Waals surface area contributed by atoms with E-state index in [0.29, 0.717) is 18.7 Å². The van der Waals surface area contributed by atoms with Crippen LogP contribution in [0.25, 0.3) is 0 Å². The molecule has 1 aromatic rings. The van der Waals surface area contributed by atoms with Crippen molar-refractivity contribution in [3.8, 4) is 12.3 Å². The van der Waals surface area contributed by atoms with E-state index in [9.17, 15) is 8.42 Å². The van der Waals surface area contributed by atoms with Crippen molar-refractivity contribution in [2.45, 2.75) is 50.8 Å². The zero-order chi connectivity index (χ0) is 15.0. The molecule has 20 heavy (non-hydrogen) atoms. The Morgan fingerprint density at radius 3 is 2.70 bits per heavy atom. The van der Waals surface area contributed by atoms with E-state index in [0.717, 1.165) is 19.4 Å². The second kappa shape index (κ2) is 8.10. The third-order valence-corrected chi connectivity index (χ3v) is 4.05. The molecule has 112 valence electrons. The molecule has 0 aliphatic rings. The molecule has 1 rings (SSSR count). The summed E-state index contributed by atoms with van der Waals surface area (Å²) in [5, 5.41) is 3.05. The van der Waals surface area contributed by atoms with Crippen molar-refractivity contribution >= 4 is 10.0 Å². The summed E-state index contributed by atoms with van der Waals surface area (Å²) in [5.74, 6) is 3.02. The van der Waals surface area contributed by atoms with E-state index in [2.05, 4.69) is 22.9 Å². The standard InChI is InChI=1S/C14H22N2O3S/c1-4-7-12(6-3)16-20(17,18)14-9-8-13(19-14)11-15-10-5-2/h3,8-9,12,15-16H,4-5,7,10-11H2,1-2H3. The number of hydrogen-bond acceptors (Lipinski definition) is 4. The van der Waals surface area contributed by atoms with E-state index in [1.54, 1.807) is 6.07 Å². The van der Waals surface area contributed by atoms with Gasteiger partial charge in [0.2, 0.25) is 5.09 Å². The average molecular weight is 298 g/mol. The minimum atomic E-state index is -3.69. The molecule has 0 aliphatic carbocycles. The van der Waals surface area contributed by atoms with Crippen LogP contribution >= 0.6 is 0 Å². The summed E-state index contributed by atoms with van der Waals surface area (Å²) >= 11 is 0. The summed E-state index contributed by atoms with van der Waals surface area (Å²) in [6.45, 7) is 5.37. The van der Waals surface area contributed by atoms with Crippen LogP contribution in [0.3, 0.4) is 0 Å². The first kappa shape index (κ1) is 16.8. The minimum Gasteiger partial charge on any atom is -0.447 e. The van der Waals surface area contributed by atoms with Gasteiger partial charge in [0, 0.05) is 0 Å². The van der Waals surface area contributed by atoms with E-state index < -0.39 is 16.1 Å². The Hall–Kier alpha value is -1.29. The number of rotatable bonds is 9. The normalized spacial score (nSPS) is 13.1. The Kier molecular flexibility index (Phi) is 6.79. The van der Waals surface area contributed by atoms with Crippen LogP contribution in [-0.2, 0) is 16.6 Å². The van der Waals surface area contributed by atoms with Gasteiger partial charge in [-0.05, 0) is 31.5 Å². The third kappa shape index (κ3) is 5.00. The monoisotopic (exact) mass is 298 g/mol. The summed E-state index contributed by atoms with van der Waals surface area (Å²) in [7, 11) is -3.69. The summed E-state index contributed by atoms with van der Waals surface area (Å²) in [4.78, 5) is 0. The fourth-order valence-corrected chi connectivity index (χ4v) is 2.84. The number of furan rings is 1. The van der Waals surface area contributed by atoms with Crippen LogP contribution in [0, 0.1) is 12.3 Å². The molecule has 0 saturated carbocycles. The average Bonchev–Trinajstić information content (AvgIpc) is 2.88. The molecule has 0 aliphatic heterocycles. The van der Waals surface area contributed by atoms with Gasteiger partial charge in [-0.1, -0.05) is 26.2 Å². The molecular weight excluding hydrogens is 276 g/mol. The topological polar surface area (TPSA) is 71.3 Å². The number of terminal acetylenes is 1. The molecule has 0 saturated heterocycles. The van der Waals surface area contributed by atoms with Gasteiger partial charge in [-0.25, -0.2) is 8.42 Å². The van der Waals surface area contributed by atoms with Crippen molar-refractivity contribution in [3.05, 3.63) is 17.9 Å². The molecular formula is C14H22N2O3S. The van der Waals surface area contributed by atoms with Gasteiger partial charge in [-0.15, -0.1) is 6.42 Å². The first-order valence-corrected chi connectivity index (χ1v) is 8.29. The number of nitrogens with one attached hydrogen (secondary N) is 2. The first-order valence-electron chi connectivity index (χ1n) is 6.81. The molecule has 2 N–H and O–H groups in total. The smallest absolute Gasteiger partial charge is 0.275 e. The molecule has 5 nitrogen and oxygen atoms in total. The van der Waals surface area contributed by atoms with Crippen molar-refractivity contribution in [3.63, 3.8) is 0 Å². The highest BCUT2D eigenvalue weighted by atomic mass is 32.2. The Morgan fingerprint density at radius 1 is 1.35 bits per heavy atom. The Bertz CT molecular complexity index is 543. The van der Waals surface area contributed by atoms with E-state index in [4.69, 9.17) is 10.8 Å². The SMILES string of the molecule is C#CC(CCC)NS(=O)(=O)c1ccc(CNCCC)o1. The van der Waals surface area contributed by atoms with E-state index in [1.807, 2.05) is 6.92 Å². The summed E-state index contributed by atoms with van der Waals surface area (Å²) in [5.41, 5.74) is 0. The van der Waals surface area contributed by atoms with Gasteiger partial charge in [0.25, 0.3) is 10.0 Å². The van der Waals surface area contributed by atoms with Crippen LogP contribution in [0.4, 0.5) is 0 Å². The maximum atomic E-state index is 12.1. The lowest BCUT2D eigenvalue weighted by Gasteiger charge is -2.10. The molecule has 0 aromatic carbocycles. The van der Waals surface area contributed by atoms with Gasteiger partial charge >= 0.3 is 0 Å². The lowest BCUT2D eigenvalue weighted by atomic mass is 10.2. The molecule has 0 bridgehead atoms. The van der Waals surface area contributed by atoms with Gasteiger partial charge < -0.3 is 9.73 Å². The first-order chi connectivity index (χ1) is 9.53. The molecule has 0 fully saturated rings. The second-order valence-corrected chi connectivity index (χ2v) is 6.17. The highest BCUT2D eigenvalue weighted by Crippen LogP contribution is 2.14.